The minimum absolute atomic E-state index is 0.0327. The molecule has 0 aliphatic carbocycles. The van der Waals surface area contributed by atoms with Gasteiger partial charge < -0.3 is 11.1 Å². The Kier molecular flexibility index (Phi) is 6.52. The lowest BCUT2D eigenvalue weighted by Gasteiger charge is -2.17. The Bertz CT molecular complexity index is 439. The largest absolute Gasteiger partial charge is 0.398 e. The first-order valence-corrected chi connectivity index (χ1v) is 7.71. The number of carbonyl (C=O) groups excluding carboxylic acids is 1. The Labute approximate surface area is 124 Å². The van der Waals surface area contributed by atoms with Crippen LogP contribution in [-0.2, 0) is 4.79 Å². The van der Waals surface area contributed by atoms with Crippen LogP contribution in [0.5, 0.6) is 0 Å². The van der Waals surface area contributed by atoms with Crippen molar-refractivity contribution in [1.82, 2.24) is 5.32 Å². The number of nitrogens with one attached hydrogen (secondary N) is 1. The van der Waals surface area contributed by atoms with E-state index in [4.69, 9.17) is 17.3 Å². The first kappa shape index (κ1) is 16.2. The molecule has 1 rings (SSSR count). The van der Waals surface area contributed by atoms with Crippen LogP contribution in [0.15, 0.2) is 23.1 Å². The Balaban J connectivity index is 2.61. The molecule has 19 heavy (non-hydrogen) atoms. The molecule has 3 N–H and O–H groups in total. The number of amides is 1. The van der Waals surface area contributed by atoms with E-state index in [0.29, 0.717) is 10.7 Å². The number of halogens is 1. The van der Waals surface area contributed by atoms with E-state index in [1.807, 2.05) is 13.8 Å². The molecule has 1 amide bonds. The second-order valence-corrected chi connectivity index (χ2v) is 6.46. The first-order valence-electron chi connectivity index (χ1n) is 6.46. The lowest BCUT2D eigenvalue weighted by atomic mass is 10.2. The number of anilines is 1. The van der Waals surface area contributed by atoms with Gasteiger partial charge in [-0.1, -0.05) is 24.9 Å². The third-order valence-electron chi connectivity index (χ3n) is 2.76. The molecular weight excluding hydrogens is 280 g/mol. The molecule has 0 aliphatic rings. The normalized spacial score (nSPS) is 13.9. The van der Waals surface area contributed by atoms with E-state index in [0.717, 1.165) is 17.7 Å². The number of rotatable bonds is 6. The van der Waals surface area contributed by atoms with Crippen molar-refractivity contribution in [3.05, 3.63) is 23.2 Å². The fraction of sp³-hybridized carbons (Fsp3) is 0.500. The first-order chi connectivity index (χ1) is 8.93. The van der Waals surface area contributed by atoms with E-state index in [1.54, 1.807) is 18.2 Å². The molecule has 0 saturated heterocycles. The maximum absolute atomic E-state index is 12.0. The minimum atomic E-state index is -0.194. The zero-order valence-corrected chi connectivity index (χ0v) is 13.1. The molecule has 0 radical (unpaired) electrons. The molecule has 106 valence electrons. The van der Waals surface area contributed by atoms with Crippen molar-refractivity contribution in [3.63, 3.8) is 0 Å². The molecule has 0 aromatic heterocycles. The number of carbonyl (C=O) groups is 1. The highest BCUT2D eigenvalue weighted by Crippen LogP contribution is 2.31. The van der Waals surface area contributed by atoms with E-state index >= 15 is 0 Å². The van der Waals surface area contributed by atoms with Crippen molar-refractivity contribution in [3.8, 4) is 0 Å². The van der Waals surface area contributed by atoms with Crippen LogP contribution in [0, 0.1) is 0 Å². The summed E-state index contributed by atoms with van der Waals surface area (Å²) >= 11 is 7.37. The zero-order valence-electron chi connectivity index (χ0n) is 11.6. The fourth-order valence-electron chi connectivity index (χ4n) is 1.72. The monoisotopic (exact) mass is 300 g/mol. The van der Waals surface area contributed by atoms with Crippen LogP contribution < -0.4 is 11.1 Å². The zero-order chi connectivity index (χ0) is 14.4. The van der Waals surface area contributed by atoms with E-state index in [1.165, 1.54) is 11.8 Å². The number of hydrogen-bond donors (Lipinski definition) is 2. The average Bonchev–Trinajstić information content (AvgIpc) is 2.34. The molecule has 2 unspecified atom stereocenters. The Hall–Kier alpha value is -0.870. The smallest absolute Gasteiger partial charge is 0.233 e. The highest BCUT2D eigenvalue weighted by molar-refractivity contribution is 8.00. The maximum atomic E-state index is 12.0. The number of benzene rings is 1. The van der Waals surface area contributed by atoms with Gasteiger partial charge in [-0.15, -0.1) is 11.8 Å². The Morgan fingerprint density at radius 1 is 1.47 bits per heavy atom. The second kappa shape index (κ2) is 7.65. The van der Waals surface area contributed by atoms with Crippen molar-refractivity contribution >= 4 is 35.0 Å². The number of hydrogen-bond acceptors (Lipinski definition) is 3. The van der Waals surface area contributed by atoms with Gasteiger partial charge in [0.15, 0.2) is 0 Å². The minimum Gasteiger partial charge on any atom is -0.398 e. The molecule has 1 aromatic carbocycles. The van der Waals surface area contributed by atoms with Crippen LogP contribution in [0.25, 0.3) is 0 Å². The average molecular weight is 301 g/mol. The second-order valence-electron chi connectivity index (χ2n) is 4.64. The van der Waals surface area contributed by atoms with E-state index in [9.17, 15) is 4.79 Å². The van der Waals surface area contributed by atoms with Gasteiger partial charge in [-0.25, -0.2) is 0 Å². The van der Waals surface area contributed by atoms with Crippen LogP contribution in [0.3, 0.4) is 0 Å². The predicted molar refractivity (Wildman–Crippen MR) is 83.7 cm³/mol. The summed E-state index contributed by atoms with van der Waals surface area (Å²) in [6.45, 7) is 6.00. The number of thioether (sulfide) groups is 1. The van der Waals surface area contributed by atoms with Crippen molar-refractivity contribution in [2.45, 2.75) is 49.8 Å². The molecule has 1 aromatic rings. The van der Waals surface area contributed by atoms with Crippen LogP contribution in [0.1, 0.15) is 33.6 Å². The van der Waals surface area contributed by atoms with E-state index < -0.39 is 0 Å². The Morgan fingerprint density at radius 2 is 2.16 bits per heavy atom. The van der Waals surface area contributed by atoms with Crippen LogP contribution >= 0.6 is 23.4 Å². The summed E-state index contributed by atoms with van der Waals surface area (Å²) in [4.78, 5) is 12.9. The van der Waals surface area contributed by atoms with Gasteiger partial charge in [0.05, 0.1) is 5.25 Å². The predicted octanol–water partition coefficient (Wildman–Crippen LogP) is 3.71. The number of nitrogen functional groups attached to an aromatic ring is 1. The summed E-state index contributed by atoms with van der Waals surface area (Å²) in [5.74, 6) is 0.0327. The molecule has 2 atom stereocenters. The summed E-state index contributed by atoms with van der Waals surface area (Å²) in [7, 11) is 0. The van der Waals surface area contributed by atoms with Crippen molar-refractivity contribution in [2.24, 2.45) is 0 Å². The Morgan fingerprint density at radius 3 is 2.79 bits per heavy atom. The van der Waals surface area contributed by atoms with Gasteiger partial charge in [-0.3, -0.25) is 4.79 Å². The summed E-state index contributed by atoms with van der Waals surface area (Å²) in [5.41, 5.74) is 6.52. The van der Waals surface area contributed by atoms with Gasteiger partial charge in [0, 0.05) is 21.6 Å². The van der Waals surface area contributed by atoms with Crippen molar-refractivity contribution in [2.75, 3.05) is 5.73 Å². The van der Waals surface area contributed by atoms with E-state index in [2.05, 4.69) is 12.2 Å². The van der Waals surface area contributed by atoms with Gasteiger partial charge in [-0.05, 0) is 38.5 Å². The summed E-state index contributed by atoms with van der Waals surface area (Å²) in [6.07, 6.45) is 2.05. The highest BCUT2D eigenvalue weighted by Gasteiger charge is 2.17. The topological polar surface area (TPSA) is 55.1 Å². The molecule has 0 bridgehead atoms. The fourth-order valence-corrected chi connectivity index (χ4v) is 2.91. The van der Waals surface area contributed by atoms with Gasteiger partial charge >= 0.3 is 0 Å². The van der Waals surface area contributed by atoms with Gasteiger partial charge in [0.25, 0.3) is 0 Å². The van der Waals surface area contributed by atoms with Crippen LogP contribution in [0.2, 0.25) is 5.02 Å². The highest BCUT2D eigenvalue weighted by atomic mass is 35.5. The lowest BCUT2D eigenvalue weighted by Crippen LogP contribution is -2.37. The molecule has 0 fully saturated rings. The summed E-state index contributed by atoms with van der Waals surface area (Å²) < 4.78 is 0. The van der Waals surface area contributed by atoms with Gasteiger partial charge in [-0.2, -0.15) is 0 Å². The number of nitrogens with two attached hydrogens (primary N) is 1. The molecule has 0 aliphatic heterocycles. The molecule has 0 heterocycles. The molecule has 3 nitrogen and oxygen atoms in total. The standard InChI is InChI=1S/C14H21ClN2OS/c1-4-5-9(2)17-14(18)10(3)19-13-8-11(15)6-7-12(13)16/h6-10H,4-5,16H2,1-3H3,(H,17,18). The van der Waals surface area contributed by atoms with Crippen molar-refractivity contribution < 1.29 is 4.79 Å². The third kappa shape index (κ3) is 5.33. The third-order valence-corrected chi connectivity index (χ3v) is 4.17. The van der Waals surface area contributed by atoms with Crippen LogP contribution in [-0.4, -0.2) is 17.2 Å². The van der Waals surface area contributed by atoms with E-state index in [-0.39, 0.29) is 17.2 Å². The molecule has 5 heteroatoms. The van der Waals surface area contributed by atoms with Crippen LogP contribution in [0.4, 0.5) is 5.69 Å². The van der Waals surface area contributed by atoms with Gasteiger partial charge in [0.2, 0.25) is 5.91 Å². The maximum Gasteiger partial charge on any atom is 0.233 e. The lowest BCUT2D eigenvalue weighted by molar-refractivity contribution is -0.120. The quantitative estimate of drug-likeness (QED) is 0.622. The SMILES string of the molecule is CCCC(C)NC(=O)C(C)Sc1cc(Cl)ccc1N. The molecule has 0 saturated carbocycles. The molecular formula is C14H21ClN2OS. The summed E-state index contributed by atoms with van der Waals surface area (Å²) in [6, 6.07) is 5.50. The van der Waals surface area contributed by atoms with Gasteiger partial charge in [0.1, 0.15) is 0 Å². The molecule has 0 spiro atoms. The summed E-state index contributed by atoms with van der Waals surface area (Å²) in [5, 5.41) is 3.44. The van der Waals surface area contributed by atoms with Crippen molar-refractivity contribution in [1.29, 1.82) is 0 Å².